The van der Waals surface area contributed by atoms with Crippen LogP contribution in [0, 0.1) is 0 Å². The molecule has 0 saturated carbocycles. The van der Waals surface area contributed by atoms with E-state index in [1.165, 1.54) is 0 Å². The van der Waals surface area contributed by atoms with Gasteiger partial charge in [0.25, 0.3) is 0 Å². The van der Waals surface area contributed by atoms with Gasteiger partial charge in [0.15, 0.2) is 0 Å². The van der Waals surface area contributed by atoms with Gasteiger partial charge in [0.2, 0.25) is 0 Å². The average Bonchev–Trinajstić information content (AvgIpc) is 2.38. The van der Waals surface area contributed by atoms with Gasteiger partial charge >= 0.3 is 0 Å². The fourth-order valence-electron chi connectivity index (χ4n) is 2.39. The van der Waals surface area contributed by atoms with E-state index in [1.807, 2.05) is 24.3 Å². The van der Waals surface area contributed by atoms with E-state index in [9.17, 15) is 5.11 Å². The molecule has 1 fully saturated rings. The highest BCUT2D eigenvalue weighted by Crippen LogP contribution is 2.31. The molecule has 0 bridgehead atoms. The van der Waals surface area contributed by atoms with Crippen molar-refractivity contribution in [3.8, 4) is 5.75 Å². The van der Waals surface area contributed by atoms with Crippen LogP contribution < -0.4 is 5.32 Å². The maximum atomic E-state index is 9.96. The minimum atomic E-state index is 0. The Balaban J connectivity index is 0.00000162. The summed E-state index contributed by atoms with van der Waals surface area (Å²) in [6.07, 6.45) is 2.80. The zero-order valence-corrected chi connectivity index (χ0v) is 12.6. The Morgan fingerprint density at radius 3 is 2.47 bits per heavy atom. The van der Waals surface area contributed by atoms with Crippen LogP contribution in [0.5, 0.6) is 5.75 Å². The molecule has 3 nitrogen and oxygen atoms in total. The van der Waals surface area contributed by atoms with E-state index in [0.29, 0.717) is 5.75 Å². The van der Waals surface area contributed by atoms with Crippen LogP contribution in [-0.2, 0) is 0 Å². The predicted molar refractivity (Wildman–Crippen MR) is 84.6 cm³/mol. The predicted octanol–water partition coefficient (Wildman–Crippen LogP) is 2.76. The van der Waals surface area contributed by atoms with E-state index in [0.717, 1.165) is 38.2 Å². The van der Waals surface area contributed by atoms with Gasteiger partial charge in [-0.2, -0.15) is 0 Å². The third-order valence-electron chi connectivity index (χ3n) is 3.28. The molecule has 5 heteroatoms. The normalized spacial score (nSPS) is 16.8. The summed E-state index contributed by atoms with van der Waals surface area (Å²) in [5, 5.41) is 13.3. The van der Waals surface area contributed by atoms with Gasteiger partial charge in [-0.05, 0) is 12.5 Å². The number of hydrogen-bond donors (Lipinski definition) is 2. The van der Waals surface area contributed by atoms with Crippen LogP contribution in [0.4, 0.5) is 0 Å². The molecule has 0 radical (unpaired) electrons. The fourth-order valence-corrected chi connectivity index (χ4v) is 2.39. The molecular formula is C14H22Cl2N2O. The van der Waals surface area contributed by atoms with Gasteiger partial charge in [0.05, 0.1) is 0 Å². The molecular weight excluding hydrogens is 283 g/mol. The van der Waals surface area contributed by atoms with Crippen LogP contribution in [0.15, 0.2) is 36.9 Å². The Morgan fingerprint density at radius 2 is 1.89 bits per heavy atom. The standard InChI is InChI=1S/C14H20N2O.2ClH/c1-2-5-13(16-10-8-15-9-11-16)12-6-3-4-7-14(12)17;;/h2-4,6-7,13,15,17H,1,5,8-11H2;2*1H/t13-;;/m0../s1. The van der Waals surface area contributed by atoms with E-state index >= 15 is 0 Å². The van der Waals surface area contributed by atoms with E-state index in [-0.39, 0.29) is 30.9 Å². The van der Waals surface area contributed by atoms with E-state index in [2.05, 4.69) is 16.8 Å². The lowest BCUT2D eigenvalue weighted by Gasteiger charge is -2.35. The summed E-state index contributed by atoms with van der Waals surface area (Å²) in [5.74, 6) is 0.387. The Hall–Kier alpha value is -0.740. The summed E-state index contributed by atoms with van der Waals surface area (Å²) < 4.78 is 0. The van der Waals surface area contributed by atoms with Gasteiger partial charge in [-0.25, -0.2) is 0 Å². The molecule has 1 saturated heterocycles. The van der Waals surface area contributed by atoms with Crippen LogP contribution in [-0.4, -0.2) is 36.2 Å². The number of nitrogens with one attached hydrogen (secondary N) is 1. The third kappa shape index (κ3) is 4.69. The molecule has 0 spiro atoms. The van der Waals surface area contributed by atoms with E-state index < -0.39 is 0 Å². The number of halogens is 2. The Kier molecular flexibility index (Phi) is 8.85. The van der Waals surface area contributed by atoms with Gasteiger partial charge in [0.1, 0.15) is 5.75 Å². The van der Waals surface area contributed by atoms with Gasteiger partial charge < -0.3 is 10.4 Å². The van der Waals surface area contributed by atoms with Gasteiger partial charge in [-0.15, -0.1) is 31.4 Å². The maximum Gasteiger partial charge on any atom is 0.120 e. The first-order valence-electron chi connectivity index (χ1n) is 6.16. The largest absolute Gasteiger partial charge is 0.508 e. The summed E-state index contributed by atoms with van der Waals surface area (Å²) in [6.45, 7) is 7.90. The molecule has 0 unspecified atom stereocenters. The van der Waals surface area contributed by atoms with E-state index in [4.69, 9.17) is 0 Å². The first kappa shape index (κ1) is 18.3. The quantitative estimate of drug-likeness (QED) is 0.840. The highest BCUT2D eigenvalue weighted by Gasteiger charge is 2.22. The molecule has 19 heavy (non-hydrogen) atoms. The number of para-hydroxylation sites is 1. The number of benzene rings is 1. The number of phenols is 1. The number of piperazine rings is 1. The molecule has 108 valence electrons. The second kappa shape index (κ2) is 9.21. The number of aromatic hydroxyl groups is 1. The molecule has 0 aliphatic carbocycles. The topological polar surface area (TPSA) is 35.5 Å². The molecule has 0 aromatic heterocycles. The lowest BCUT2D eigenvalue weighted by Crippen LogP contribution is -2.45. The molecule has 1 aromatic carbocycles. The fraction of sp³-hybridized carbons (Fsp3) is 0.429. The summed E-state index contributed by atoms with van der Waals surface area (Å²) >= 11 is 0. The van der Waals surface area contributed by atoms with Crippen molar-refractivity contribution in [3.63, 3.8) is 0 Å². The van der Waals surface area contributed by atoms with Crippen molar-refractivity contribution in [3.05, 3.63) is 42.5 Å². The summed E-state index contributed by atoms with van der Waals surface area (Å²) in [6, 6.07) is 7.85. The van der Waals surface area contributed by atoms with Crippen LogP contribution in [0.25, 0.3) is 0 Å². The SMILES string of the molecule is C=CC[C@@H](c1ccccc1O)N1CCNCC1.Cl.Cl. The third-order valence-corrected chi connectivity index (χ3v) is 3.28. The summed E-state index contributed by atoms with van der Waals surface area (Å²) in [5.41, 5.74) is 1.01. The molecule has 1 aliphatic heterocycles. The first-order chi connectivity index (χ1) is 8.33. The molecule has 2 rings (SSSR count). The van der Waals surface area contributed by atoms with Crippen LogP contribution in [0.2, 0.25) is 0 Å². The maximum absolute atomic E-state index is 9.96. The number of nitrogens with zero attached hydrogens (tertiary/aromatic N) is 1. The molecule has 1 atom stereocenters. The Bertz CT molecular complexity index is 381. The lowest BCUT2D eigenvalue weighted by atomic mass is 10.00. The van der Waals surface area contributed by atoms with Crippen LogP contribution >= 0.6 is 24.8 Å². The molecule has 0 amide bonds. The monoisotopic (exact) mass is 304 g/mol. The molecule has 1 heterocycles. The van der Waals surface area contributed by atoms with Crippen molar-refractivity contribution in [2.45, 2.75) is 12.5 Å². The van der Waals surface area contributed by atoms with Crippen molar-refractivity contribution in [2.75, 3.05) is 26.2 Å². The Labute approximate surface area is 127 Å². The first-order valence-corrected chi connectivity index (χ1v) is 6.16. The molecule has 1 aliphatic rings. The highest BCUT2D eigenvalue weighted by molar-refractivity contribution is 5.85. The van der Waals surface area contributed by atoms with Gasteiger partial charge in [-0.1, -0.05) is 24.3 Å². The number of hydrogen-bond acceptors (Lipinski definition) is 3. The summed E-state index contributed by atoms with van der Waals surface area (Å²) in [4.78, 5) is 2.41. The van der Waals surface area contributed by atoms with Crippen molar-refractivity contribution in [1.29, 1.82) is 0 Å². The number of rotatable bonds is 4. The van der Waals surface area contributed by atoms with Crippen LogP contribution in [0.1, 0.15) is 18.0 Å². The van der Waals surface area contributed by atoms with Gasteiger partial charge in [-0.3, -0.25) is 4.90 Å². The second-order valence-corrected chi connectivity index (χ2v) is 4.38. The average molecular weight is 305 g/mol. The van der Waals surface area contributed by atoms with Gasteiger partial charge in [0, 0.05) is 37.8 Å². The lowest BCUT2D eigenvalue weighted by molar-refractivity contribution is 0.172. The van der Waals surface area contributed by atoms with Crippen LogP contribution in [0.3, 0.4) is 0 Å². The van der Waals surface area contributed by atoms with Crippen molar-refractivity contribution >= 4 is 24.8 Å². The Morgan fingerprint density at radius 1 is 1.26 bits per heavy atom. The highest BCUT2D eigenvalue weighted by atomic mass is 35.5. The molecule has 2 N–H and O–H groups in total. The zero-order valence-electron chi connectivity index (χ0n) is 10.9. The smallest absolute Gasteiger partial charge is 0.120 e. The molecule has 1 aromatic rings. The summed E-state index contributed by atoms with van der Waals surface area (Å²) in [7, 11) is 0. The van der Waals surface area contributed by atoms with Crippen molar-refractivity contribution < 1.29 is 5.11 Å². The minimum absolute atomic E-state index is 0. The zero-order chi connectivity index (χ0) is 12.1. The second-order valence-electron chi connectivity index (χ2n) is 4.38. The minimum Gasteiger partial charge on any atom is -0.508 e. The van der Waals surface area contributed by atoms with Crippen molar-refractivity contribution in [1.82, 2.24) is 10.2 Å². The van der Waals surface area contributed by atoms with E-state index in [1.54, 1.807) is 6.07 Å². The van der Waals surface area contributed by atoms with Crippen molar-refractivity contribution in [2.24, 2.45) is 0 Å². The number of phenolic OH excluding ortho intramolecular Hbond substituents is 1.